The van der Waals surface area contributed by atoms with Crippen molar-refractivity contribution < 1.29 is 9.53 Å². The van der Waals surface area contributed by atoms with E-state index in [1.165, 1.54) is 0 Å². The molecule has 0 atom stereocenters. The first-order valence-electron chi connectivity index (χ1n) is 8.07. The van der Waals surface area contributed by atoms with Gasteiger partial charge < -0.3 is 19.9 Å². The average Bonchev–Trinajstić information content (AvgIpc) is 2.63. The van der Waals surface area contributed by atoms with Crippen LogP contribution in [0.25, 0.3) is 0 Å². The van der Waals surface area contributed by atoms with E-state index in [2.05, 4.69) is 20.2 Å². The van der Waals surface area contributed by atoms with Crippen LogP contribution in [0.5, 0.6) is 0 Å². The zero-order valence-corrected chi connectivity index (χ0v) is 13.7. The topological polar surface area (TPSA) is 70.6 Å². The highest BCUT2D eigenvalue weighted by molar-refractivity contribution is 5.68. The summed E-state index contributed by atoms with van der Waals surface area (Å²) in [6.45, 7) is 4.92. The van der Waals surface area contributed by atoms with Crippen LogP contribution in [0.3, 0.4) is 0 Å². The van der Waals surface area contributed by atoms with E-state index in [0.29, 0.717) is 19.7 Å². The fraction of sp³-hybridized carbons (Fsp3) is 0.353. The number of para-hydroxylation sites is 1. The molecule has 1 amide bonds. The minimum absolute atomic E-state index is 0.244. The van der Waals surface area contributed by atoms with E-state index in [1.54, 1.807) is 11.2 Å². The maximum absolute atomic E-state index is 11.7. The molecule has 1 aromatic heterocycles. The van der Waals surface area contributed by atoms with E-state index in [0.717, 1.165) is 30.4 Å². The Kier molecular flexibility index (Phi) is 5.10. The van der Waals surface area contributed by atoms with E-state index in [1.807, 2.05) is 43.3 Å². The minimum Gasteiger partial charge on any atom is -0.450 e. The molecule has 0 unspecified atom stereocenters. The third kappa shape index (κ3) is 3.92. The van der Waals surface area contributed by atoms with Gasteiger partial charge in [0, 0.05) is 37.9 Å². The summed E-state index contributed by atoms with van der Waals surface area (Å²) in [7, 11) is 0. The SMILES string of the molecule is CCOC(=O)N1CCN(c2cc(Nc3ccccc3)ncn2)CC1. The monoisotopic (exact) mass is 327 g/mol. The van der Waals surface area contributed by atoms with Crippen molar-refractivity contribution >= 4 is 23.4 Å². The zero-order chi connectivity index (χ0) is 16.8. The van der Waals surface area contributed by atoms with Crippen LogP contribution >= 0.6 is 0 Å². The normalized spacial score (nSPS) is 14.4. The fourth-order valence-electron chi connectivity index (χ4n) is 2.59. The third-order valence-electron chi connectivity index (χ3n) is 3.83. The number of amides is 1. The van der Waals surface area contributed by atoms with Crippen molar-refractivity contribution in [3.63, 3.8) is 0 Å². The summed E-state index contributed by atoms with van der Waals surface area (Å²) in [5.74, 6) is 1.60. The van der Waals surface area contributed by atoms with Crippen molar-refractivity contribution in [1.82, 2.24) is 14.9 Å². The van der Waals surface area contributed by atoms with Crippen LogP contribution in [-0.2, 0) is 4.74 Å². The first kappa shape index (κ1) is 16.0. The molecule has 0 aliphatic carbocycles. The van der Waals surface area contributed by atoms with Gasteiger partial charge in [0.15, 0.2) is 0 Å². The summed E-state index contributed by atoms with van der Waals surface area (Å²) in [6, 6.07) is 11.8. The summed E-state index contributed by atoms with van der Waals surface area (Å²) in [5.41, 5.74) is 0.981. The van der Waals surface area contributed by atoms with Gasteiger partial charge in [0.25, 0.3) is 0 Å². The van der Waals surface area contributed by atoms with Crippen LogP contribution in [0, 0.1) is 0 Å². The predicted molar refractivity (Wildman–Crippen MR) is 92.6 cm³/mol. The van der Waals surface area contributed by atoms with E-state index in [-0.39, 0.29) is 6.09 Å². The number of hydrogen-bond donors (Lipinski definition) is 1. The predicted octanol–water partition coefficient (Wildman–Crippen LogP) is 2.50. The number of nitrogens with one attached hydrogen (secondary N) is 1. The van der Waals surface area contributed by atoms with Gasteiger partial charge >= 0.3 is 6.09 Å². The van der Waals surface area contributed by atoms with E-state index < -0.39 is 0 Å². The molecular weight excluding hydrogens is 306 g/mol. The Balaban J connectivity index is 1.62. The second-order valence-corrected chi connectivity index (χ2v) is 5.43. The molecule has 3 rings (SSSR count). The number of aromatic nitrogens is 2. The van der Waals surface area contributed by atoms with Gasteiger partial charge in [-0.25, -0.2) is 14.8 Å². The smallest absolute Gasteiger partial charge is 0.409 e. The Morgan fingerprint density at radius 3 is 2.62 bits per heavy atom. The van der Waals surface area contributed by atoms with Crippen molar-refractivity contribution in [2.75, 3.05) is 43.0 Å². The number of nitrogens with zero attached hydrogens (tertiary/aromatic N) is 4. The standard InChI is InChI=1S/C17H21N5O2/c1-2-24-17(23)22-10-8-21(9-11-22)16-12-15(18-13-19-16)20-14-6-4-3-5-7-14/h3-7,12-13H,2,8-11H2,1H3,(H,18,19,20). The Morgan fingerprint density at radius 2 is 1.92 bits per heavy atom. The van der Waals surface area contributed by atoms with Gasteiger partial charge in [-0.2, -0.15) is 0 Å². The molecule has 2 heterocycles. The van der Waals surface area contributed by atoms with Gasteiger partial charge in [0.1, 0.15) is 18.0 Å². The number of carbonyl (C=O) groups is 1. The van der Waals surface area contributed by atoms with Crippen molar-refractivity contribution in [3.8, 4) is 0 Å². The molecule has 7 nitrogen and oxygen atoms in total. The lowest BCUT2D eigenvalue weighted by Crippen LogP contribution is -2.49. The lowest BCUT2D eigenvalue weighted by Gasteiger charge is -2.34. The first-order valence-corrected chi connectivity index (χ1v) is 8.07. The van der Waals surface area contributed by atoms with Crippen LogP contribution < -0.4 is 10.2 Å². The van der Waals surface area contributed by atoms with Crippen LogP contribution in [0.1, 0.15) is 6.92 Å². The van der Waals surface area contributed by atoms with Crippen molar-refractivity contribution in [1.29, 1.82) is 0 Å². The van der Waals surface area contributed by atoms with Gasteiger partial charge in [-0.1, -0.05) is 18.2 Å². The average molecular weight is 327 g/mol. The molecule has 1 fully saturated rings. The molecule has 0 radical (unpaired) electrons. The lowest BCUT2D eigenvalue weighted by atomic mass is 10.3. The number of ether oxygens (including phenoxy) is 1. The number of piperazine rings is 1. The summed E-state index contributed by atoms with van der Waals surface area (Å²) < 4.78 is 5.04. The molecule has 1 saturated heterocycles. The maximum atomic E-state index is 11.7. The van der Waals surface area contributed by atoms with Crippen LogP contribution in [0.2, 0.25) is 0 Å². The quantitative estimate of drug-likeness (QED) is 0.930. The van der Waals surface area contributed by atoms with Crippen molar-refractivity contribution in [2.24, 2.45) is 0 Å². The second-order valence-electron chi connectivity index (χ2n) is 5.43. The zero-order valence-electron chi connectivity index (χ0n) is 13.7. The number of benzene rings is 1. The molecule has 1 aliphatic heterocycles. The fourth-order valence-corrected chi connectivity index (χ4v) is 2.59. The highest BCUT2D eigenvalue weighted by atomic mass is 16.6. The summed E-state index contributed by atoms with van der Waals surface area (Å²) >= 11 is 0. The number of anilines is 3. The number of carbonyl (C=O) groups excluding carboxylic acids is 1. The molecule has 0 spiro atoms. The molecule has 1 N–H and O–H groups in total. The van der Waals surface area contributed by atoms with E-state index in [4.69, 9.17) is 4.74 Å². The molecule has 0 bridgehead atoms. The molecule has 126 valence electrons. The second kappa shape index (κ2) is 7.63. The van der Waals surface area contributed by atoms with Gasteiger partial charge in [-0.15, -0.1) is 0 Å². The summed E-state index contributed by atoms with van der Waals surface area (Å²) in [5, 5.41) is 3.26. The summed E-state index contributed by atoms with van der Waals surface area (Å²) in [4.78, 5) is 24.2. The third-order valence-corrected chi connectivity index (χ3v) is 3.83. The highest BCUT2D eigenvalue weighted by Gasteiger charge is 2.22. The van der Waals surface area contributed by atoms with E-state index >= 15 is 0 Å². The van der Waals surface area contributed by atoms with Crippen LogP contribution in [0.4, 0.5) is 22.1 Å². The molecule has 0 saturated carbocycles. The number of rotatable bonds is 4. The summed E-state index contributed by atoms with van der Waals surface area (Å²) in [6.07, 6.45) is 1.31. The Bertz CT molecular complexity index is 672. The van der Waals surface area contributed by atoms with E-state index in [9.17, 15) is 4.79 Å². The lowest BCUT2D eigenvalue weighted by molar-refractivity contribution is 0.105. The largest absolute Gasteiger partial charge is 0.450 e. The molecule has 1 aromatic carbocycles. The molecule has 2 aromatic rings. The first-order chi connectivity index (χ1) is 11.8. The van der Waals surface area contributed by atoms with Gasteiger partial charge in [-0.3, -0.25) is 0 Å². The van der Waals surface area contributed by atoms with Gasteiger partial charge in [0.2, 0.25) is 0 Å². The molecule has 1 aliphatic rings. The Morgan fingerprint density at radius 1 is 1.17 bits per heavy atom. The van der Waals surface area contributed by atoms with Crippen molar-refractivity contribution in [3.05, 3.63) is 42.7 Å². The minimum atomic E-state index is -0.244. The molecule has 7 heteroatoms. The Labute approximate surface area is 141 Å². The highest BCUT2D eigenvalue weighted by Crippen LogP contribution is 2.19. The van der Waals surface area contributed by atoms with Crippen molar-refractivity contribution in [2.45, 2.75) is 6.92 Å². The van der Waals surface area contributed by atoms with Gasteiger partial charge in [-0.05, 0) is 19.1 Å². The maximum Gasteiger partial charge on any atom is 0.409 e. The molecular formula is C17H21N5O2. The van der Waals surface area contributed by atoms with Crippen LogP contribution in [0.15, 0.2) is 42.7 Å². The Hall–Kier alpha value is -2.83. The van der Waals surface area contributed by atoms with Gasteiger partial charge in [0.05, 0.1) is 6.61 Å². The molecule has 24 heavy (non-hydrogen) atoms. The number of hydrogen-bond acceptors (Lipinski definition) is 6. The van der Waals surface area contributed by atoms with Crippen LogP contribution in [-0.4, -0.2) is 53.7 Å².